The lowest BCUT2D eigenvalue weighted by atomic mass is 10.3. The van der Waals surface area contributed by atoms with Crippen LogP contribution in [0.4, 0.5) is 0 Å². The van der Waals surface area contributed by atoms with E-state index in [0.717, 1.165) is 11.0 Å². The highest BCUT2D eigenvalue weighted by Gasteiger charge is 2.19. The maximum Gasteiger partial charge on any atom is 0.342 e. The summed E-state index contributed by atoms with van der Waals surface area (Å²) in [6.07, 6.45) is 0. The smallest absolute Gasteiger partial charge is 0.315 e. The first-order chi connectivity index (χ1) is 16.1. The molecule has 2 aromatic heterocycles. The zero-order chi connectivity index (χ0) is 24.7. The summed E-state index contributed by atoms with van der Waals surface area (Å²) in [6.45, 7) is 5.10. The minimum Gasteiger partial charge on any atom is -0.315 e. The SMILES string of the molecule is CCn1/c(=N/N=c2/sc3cc(S(=O)(=O)O[NH3+])ccc3n2CC)sc2cc(S(=O)(=O)O[NH3+])ccc21. The average Bonchev–Trinajstić information content (AvgIpc) is 3.38. The molecule has 0 atom stereocenters. The molecule has 0 saturated heterocycles. The lowest BCUT2D eigenvalue weighted by Crippen LogP contribution is -2.51. The van der Waals surface area contributed by atoms with Crippen molar-refractivity contribution in [2.24, 2.45) is 10.2 Å². The van der Waals surface area contributed by atoms with Crippen LogP contribution in [0.15, 0.2) is 56.4 Å². The Morgan fingerprint density at radius 3 is 1.47 bits per heavy atom. The fourth-order valence-electron chi connectivity index (χ4n) is 3.40. The molecular weight excluding hydrogens is 525 g/mol. The van der Waals surface area contributed by atoms with E-state index in [4.69, 9.17) is 0 Å². The first kappa shape index (κ1) is 24.7. The highest BCUT2D eigenvalue weighted by Crippen LogP contribution is 2.24. The number of quaternary nitrogens is 2. The van der Waals surface area contributed by atoms with Crippen molar-refractivity contribution >= 4 is 63.3 Å². The molecule has 16 heteroatoms. The number of aromatic nitrogens is 2. The molecule has 0 fully saturated rings. The maximum atomic E-state index is 12.0. The van der Waals surface area contributed by atoms with E-state index in [2.05, 4.69) is 30.6 Å². The predicted octanol–water partition coefficient (Wildman–Crippen LogP) is -0.100. The van der Waals surface area contributed by atoms with Crippen LogP contribution in [0.2, 0.25) is 0 Å². The van der Waals surface area contributed by atoms with Crippen LogP contribution in [0.25, 0.3) is 20.4 Å². The van der Waals surface area contributed by atoms with Crippen LogP contribution >= 0.6 is 22.7 Å². The summed E-state index contributed by atoms with van der Waals surface area (Å²) in [5.41, 5.74) is 1.62. The van der Waals surface area contributed by atoms with Crippen LogP contribution in [0.5, 0.6) is 0 Å². The van der Waals surface area contributed by atoms with Gasteiger partial charge in [0.25, 0.3) is 0 Å². The minimum absolute atomic E-state index is 0.00772. The van der Waals surface area contributed by atoms with Gasteiger partial charge >= 0.3 is 20.2 Å². The van der Waals surface area contributed by atoms with Crippen molar-refractivity contribution in [1.82, 2.24) is 9.13 Å². The first-order valence-corrected chi connectivity index (χ1v) is 14.3. The quantitative estimate of drug-likeness (QED) is 0.306. The zero-order valence-electron chi connectivity index (χ0n) is 18.2. The Hall–Kier alpha value is -2.44. The van der Waals surface area contributed by atoms with Gasteiger partial charge in [0, 0.05) is 13.1 Å². The van der Waals surface area contributed by atoms with Crippen molar-refractivity contribution in [1.29, 1.82) is 0 Å². The van der Waals surface area contributed by atoms with E-state index in [-0.39, 0.29) is 9.79 Å². The topological polar surface area (TPSA) is 177 Å². The van der Waals surface area contributed by atoms with Gasteiger partial charge in [-0.2, -0.15) is 28.6 Å². The molecule has 2 aromatic carbocycles. The minimum atomic E-state index is -3.92. The predicted molar refractivity (Wildman–Crippen MR) is 124 cm³/mol. The summed E-state index contributed by atoms with van der Waals surface area (Å²) in [5.74, 6) is 6.01. The number of nitrogens with zero attached hydrogens (tertiary/aromatic N) is 4. The zero-order valence-corrected chi connectivity index (χ0v) is 21.4. The molecule has 0 bridgehead atoms. The second-order valence-electron chi connectivity index (χ2n) is 6.86. The van der Waals surface area contributed by atoms with Gasteiger partial charge in [-0.25, -0.2) is 0 Å². The molecule has 0 amide bonds. The lowest BCUT2D eigenvalue weighted by Gasteiger charge is -2.02. The Morgan fingerprint density at radius 2 is 1.15 bits per heavy atom. The Bertz CT molecular complexity index is 1610. The first-order valence-electron chi connectivity index (χ1n) is 9.87. The third-order valence-corrected chi connectivity index (χ3v) is 9.40. The number of hydrogen-bond acceptors (Lipinski definition) is 10. The molecular formula is C18H22N6O6S4+2. The van der Waals surface area contributed by atoms with Crippen LogP contribution in [0.1, 0.15) is 13.8 Å². The van der Waals surface area contributed by atoms with Gasteiger partial charge in [-0.15, -0.1) is 10.2 Å². The van der Waals surface area contributed by atoms with E-state index in [0.29, 0.717) is 32.1 Å². The number of rotatable bonds is 7. The van der Waals surface area contributed by atoms with Crippen molar-refractivity contribution in [3.05, 3.63) is 46.0 Å². The van der Waals surface area contributed by atoms with Crippen LogP contribution in [-0.4, -0.2) is 26.0 Å². The van der Waals surface area contributed by atoms with Crippen molar-refractivity contribution in [2.75, 3.05) is 0 Å². The van der Waals surface area contributed by atoms with E-state index in [1.807, 2.05) is 23.0 Å². The molecule has 0 saturated carbocycles. The normalized spacial score (nSPS) is 14.0. The second kappa shape index (κ2) is 9.31. The van der Waals surface area contributed by atoms with Gasteiger partial charge in [-0.1, -0.05) is 31.2 Å². The summed E-state index contributed by atoms with van der Waals surface area (Å²) in [4.78, 5) is 1.18. The van der Waals surface area contributed by atoms with Crippen LogP contribution in [0.3, 0.4) is 0 Å². The number of fused-ring (bicyclic) bond motifs is 2. The molecule has 0 aliphatic carbocycles. The van der Waals surface area contributed by atoms with Gasteiger partial charge in [-0.05, 0) is 50.2 Å². The van der Waals surface area contributed by atoms with E-state index >= 15 is 0 Å². The fraction of sp³-hybridized carbons (Fsp3) is 0.222. The highest BCUT2D eigenvalue weighted by atomic mass is 32.2. The van der Waals surface area contributed by atoms with Gasteiger partial charge in [0.2, 0.25) is 9.60 Å². The van der Waals surface area contributed by atoms with Crippen LogP contribution < -0.4 is 21.4 Å². The van der Waals surface area contributed by atoms with E-state index in [9.17, 15) is 16.8 Å². The summed E-state index contributed by atoms with van der Waals surface area (Å²) < 4.78 is 62.0. The molecule has 6 N–H and O–H groups in total. The molecule has 4 aromatic rings. The largest absolute Gasteiger partial charge is 0.342 e. The van der Waals surface area contributed by atoms with Crippen molar-refractivity contribution in [3.63, 3.8) is 0 Å². The molecule has 0 aliphatic rings. The Labute approximate surface area is 202 Å². The molecule has 182 valence electrons. The summed E-state index contributed by atoms with van der Waals surface area (Å²) in [6, 6.07) is 9.34. The highest BCUT2D eigenvalue weighted by molar-refractivity contribution is 7.86. The Balaban J connectivity index is 1.90. The van der Waals surface area contributed by atoms with Crippen LogP contribution in [0, 0.1) is 0 Å². The third kappa shape index (κ3) is 4.34. The van der Waals surface area contributed by atoms with Crippen LogP contribution in [-0.2, 0) is 41.9 Å². The number of benzene rings is 2. The molecule has 2 heterocycles. The number of hydrogen-bond donors (Lipinski definition) is 2. The van der Waals surface area contributed by atoms with Gasteiger partial charge in [0.15, 0.2) is 0 Å². The maximum absolute atomic E-state index is 12.0. The summed E-state index contributed by atoms with van der Waals surface area (Å²) in [7, 11) is -7.84. The Morgan fingerprint density at radius 1 is 0.765 bits per heavy atom. The molecule has 12 nitrogen and oxygen atoms in total. The van der Waals surface area contributed by atoms with E-state index in [1.165, 1.54) is 46.9 Å². The third-order valence-electron chi connectivity index (χ3n) is 5.05. The number of aryl methyl sites for hydroxylation is 2. The summed E-state index contributed by atoms with van der Waals surface area (Å²) in [5, 5.41) is 8.88. The molecule has 0 aliphatic heterocycles. The van der Waals surface area contributed by atoms with Crippen molar-refractivity contribution in [3.8, 4) is 0 Å². The monoisotopic (exact) mass is 546 g/mol. The molecule has 4 rings (SSSR count). The summed E-state index contributed by atoms with van der Waals surface area (Å²) >= 11 is 2.58. The molecule has 0 unspecified atom stereocenters. The molecule has 0 radical (unpaired) electrons. The van der Waals surface area contributed by atoms with E-state index in [1.54, 1.807) is 12.1 Å². The van der Waals surface area contributed by atoms with Crippen molar-refractivity contribution in [2.45, 2.75) is 36.7 Å². The van der Waals surface area contributed by atoms with Gasteiger partial charge in [0.05, 0.1) is 20.4 Å². The average molecular weight is 547 g/mol. The molecule has 0 spiro atoms. The van der Waals surface area contributed by atoms with Gasteiger partial charge < -0.3 is 9.13 Å². The number of thiazole rings is 2. The van der Waals surface area contributed by atoms with Gasteiger partial charge in [-0.3, -0.25) is 0 Å². The standard InChI is InChI=1S/C18H22N6O6S4/c1-3-23-13-7-5-11(33(25,26)29-19)9-15(13)31-17(23)21-22-18-24(4-2)14-8-6-12(10-16(14)32-18)34(27,28)30-20/h5-10H,3-4H2,1-2,19-20H3/q+2/b21-17-,22-18+. The second-order valence-corrected chi connectivity index (χ2v) is 12.1. The lowest BCUT2D eigenvalue weighted by molar-refractivity contribution is -0.635. The molecule has 34 heavy (non-hydrogen) atoms. The Kier molecular flexibility index (Phi) is 6.76. The van der Waals surface area contributed by atoms with E-state index < -0.39 is 20.2 Å². The van der Waals surface area contributed by atoms with Gasteiger partial charge in [0.1, 0.15) is 9.79 Å². The fourth-order valence-corrected chi connectivity index (χ4v) is 6.99. The van der Waals surface area contributed by atoms with Crippen molar-refractivity contribution < 1.29 is 37.2 Å².